The summed E-state index contributed by atoms with van der Waals surface area (Å²) in [4.78, 5) is 54.3. The number of carboxylic acid groups (broad SMARTS) is 1. The van der Waals surface area contributed by atoms with Gasteiger partial charge < -0.3 is 36.9 Å². The molecule has 0 aliphatic rings. The SMILES string of the molecule is CCC(C)C(N)C(=O)NC(Cc1ccc(O)cc1)C(=O)NC(Cc1c[nH]c2ccccc12)C(=O)NC(C)C(=O)O. The smallest absolute Gasteiger partial charge is 0.325 e. The molecular weight excluding hydrogens is 514 g/mol. The zero-order chi connectivity index (χ0) is 29.4. The third-order valence-electron chi connectivity index (χ3n) is 7.03. The largest absolute Gasteiger partial charge is 0.508 e. The predicted octanol–water partition coefficient (Wildman–Crippen LogP) is 1.59. The van der Waals surface area contributed by atoms with Gasteiger partial charge in [0.05, 0.1) is 6.04 Å². The molecule has 1 aromatic heterocycles. The zero-order valence-corrected chi connectivity index (χ0v) is 22.8. The maximum Gasteiger partial charge on any atom is 0.325 e. The summed E-state index contributed by atoms with van der Waals surface area (Å²) in [6.07, 6.45) is 2.54. The van der Waals surface area contributed by atoms with Crippen LogP contribution in [0, 0.1) is 5.92 Å². The Morgan fingerprint density at radius 3 is 2.12 bits per heavy atom. The lowest BCUT2D eigenvalue weighted by molar-refractivity contribution is -0.141. The number of aromatic nitrogens is 1. The molecule has 0 radical (unpaired) electrons. The van der Waals surface area contributed by atoms with Crippen LogP contribution in [0.25, 0.3) is 10.9 Å². The number of benzene rings is 2. The first-order valence-corrected chi connectivity index (χ1v) is 13.2. The first kappa shape index (κ1) is 30.2. The summed E-state index contributed by atoms with van der Waals surface area (Å²) in [5.74, 6) is -3.13. The van der Waals surface area contributed by atoms with Gasteiger partial charge in [0, 0.05) is 29.9 Å². The standard InChI is InChI=1S/C29H37N5O6/c1-4-16(2)25(30)28(38)34-23(13-18-9-11-20(35)12-10-18)27(37)33-24(26(36)32-17(3)29(39)40)14-19-15-31-22-8-6-5-7-21(19)22/h5-12,15-17,23-25,31,35H,4,13-14,30H2,1-3H3,(H,32,36)(H,33,37)(H,34,38)(H,39,40). The fraction of sp³-hybridized carbons (Fsp3) is 0.379. The molecule has 3 rings (SSSR count). The van der Waals surface area contributed by atoms with Crippen molar-refractivity contribution in [1.82, 2.24) is 20.9 Å². The molecule has 0 spiro atoms. The molecular formula is C29H37N5O6. The van der Waals surface area contributed by atoms with Crippen LogP contribution >= 0.6 is 0 Å². The number of nitrogens with one attached hydrogen (secondary N) is 4. The lowest BCUT2D eigenvalue weighted by Gasteiger charge is -2.26. The van der Waals surface area contributed by atoms with Crippen LogP contribution in [0.4, 0.5) is 0 Å². The van der Waals surface area contributed by atoms with Crippen molar-refractivity contribution in [2.24, 2.45) is 11.7 Å². The number of rotatable bonds is 13. The highest BCUT2D eigenvalue weighted by atomic mass is 16.4. The van der Waals surface area contributed by atoms with Crippen molar-refractivity contribution in [3.63, 3.8) is 0 Å². The number of H-pyrrole nitrogens is 1. The Labute approximate surface area is 232 Å². The van der Waals surface area contributed by atoms with Gasteiger partial charge in [0.2, 0.25) is 17.7 Å². The first-order valence-electron chi connectivity index (χ1n) is 13.2. The molecule has 0 bridgehead atoms. The van der Waals surface area contributed by atoms with Crippen LogP contribution in [-0.2, 0) is 32.0 Å². The Kier molecular flexibility index (Phi) is 10.3. The summed E-state index contributed by atoms with van der Waals surface area (Å²) in [7, 11) is 0. The number of aromatic amines is 1. The number of amides is 3. The fourth-order valence-electron chi connectivity index (χ4n) is 4.24. The Morgan fingerprint density at radius 2 is 1.48 bits per heavy atom. The molecule has 40 heavy (non-hydrogen) atoms. The minimum atomic E-state index is -1.22. The van der Waals surface area contributed by atoms with E-state index < -0.39 is 47.9 Å². The van der Waals surface area contributed by atoms with Crippen molar-refractivity contribution >= 4 is 34.6 Å². The van der Waals surface area contributed by atoms with E-state index in [4.69, 9.17) is 5.73 Å². The van der Waals surface area contributed by atoms with E-state index >= 15 is 0 Å². The lowest BCUT2D eigenvalue weighted by Crippen LogP contribution is -2.58. The van der Waals surface area contributed by atoms with Gasteiger partial charge in [0.1, 0.15) is 23.9 Å². The van der Waals surface area contributed by atoms with E-state index in [9.17, 15) is 29.4 Å². The van der Waals surface area contributed by atoms with Crippen LogP contribution < -0.4 is 21.7 Å². The third kappa shape index (κ3) is 7.82. The molecule has 3 aromatic rings. The van der Waals surface area contributed by atoms with Gasteiger partial charge >= 0.3 is 5.97 Å². The first-order chi connectivity index (χ1) is 19.0. The quantitative estimate of drug-likeness (QED) is 0.168. The molecule has 0 saturated heterocycles. The van der Waals surface area contributed by atoms with Gasteiger partial charge in [-0.05, 0) is 42.2 Å². The van der Waals surface area contributed by atoms with E-state index in [0.717, 1.165) is 16.5 Å². The van der Waals surface area contributed by atoms with Crippen molar-refractivity contribution in [2.45, 2.75) is 64.2 Å². The second-order valence-electron chi connectivity index (χ2n) is 10.0. The molecule has 8 N–H and O–H groups in total. The van der Waals surface area contributed by atoms with Gasteiger partial charge in [0.15, 0.2) is 0 Å². The van der Waals surface area contributed by atoms with Crippen molar-refractivity contribution in [3.8, 4) is 5.75 Å². The van der Waals surface area contributed by atoms with Gasteiger partial charge in [-0.3, -0.25) is 19.2 Å². The van der Waals surface area contributed by atoms with E-state index in [0.29, 0.717) is 12.0 Å². The summed E-state index contributed by atoms with van der Waals surface area (Å²) in [6.45, 7) is 5.07. The summed E-state index contributed by atoms with van der Waals surface area (Å²) in [5, 5.41) is 27.7. The molecule has 5 unspecified atom stereocenters. The van der Waals surface area contributed by atoms with Gasteiger partial charge in [-0.25, -0.2) is 0 Å². The summed E-state index contributed by atoms with van der Waals surface area (Å²) >= 11 is 0. The molecule has 11 heteroatoms. The molecule has 0 saturated carbocycles. The van der Waals surface area contributed by atoms with Gasteiger partial charge in [0.25, 0.3) is 0 Å². The number of phenols is 1. The van der Waals surface area contributed by atoms with Gasteiger partial charge in [-0.1, -0.05) is 50.6 Å². The average Bonchev–Trinajstić information content (AvgIpc) is 3.34. The third-order valence-corrected chi connectivity index (χ3v) is 7.03. The highest BCUT2D eigenvalue weighted by Gasteiger charge is 2.31. The van der Waals surface area contributed by atoms with Crippen LogP contribution in [0.1, 0.15) is 38.3 Å². The maximum atomic E-state index is 13.6. The fourth-order valence-corrected chi connectivity index (χ4v) is 4.24. The Hall–Kier alpha value is -4.38. The van der Waals surface area contributed by atoms with E-state index in [-0.39, 0.29) is 24.5 Å². The van der Waals surface area contributed by atoms with Gasteiger partial charge in [-0.15, -0.1) is 0 Å². The number of hydrogen-bond donors (Lipinski definition) is 7. The monoisotopic (exact) mass is 551 g/mol. The molecule has 1 heterocycles. The summed E-state index contributed by atoms with van der Waals surface area (Å²) < 4.78 is 0. The molecule has 5 atom stereocenters. The summed E-state index contributed by atoms with van der Waals surface area (Å²) in [5.41, 5.74) is 8.36. The second kappa shape index (κ2) is 13.6. The number of aliphatic carboxylic acids is 1. The number of fused-ring (bicyclic) bond motifs is 1. The topological polar surface area (TPSA) is 187 Å². The minimum Gasteiger partial charge on any atom is -0.508 e. The molecule has 0 aliphatic carbocycles. The molecule has 214 valence electrons. The minimum absolute atomic E-state index is 0.0515. The van der Waals surface area contributed by atoms with Crippen LogP contribution in [0.5, 0.6) is 5.75 Å². The Bertz CT molecular complexity index is 1340. The number of aromatic hydroxyl groups is 1. The van der Waals surface area contributed by atoms with Crippen molar-refractivity contribution in [1.29, 1.82) is 0 Å². The average molecular weight is 552 g/mol. The number of carbonyl (C=O) groups is 4. The Morgan fingerprint density at radius 1 is 0.875 bits per heavy atom. The van der Waals surface area contributed by atoms with E-state index in [2.05, 4.69) is 20.9 Å². The maximum absolute atomic E-state index is 13.6. The van der Waals surface area contributed by atoms with Crippen molar-refractivity contribution in [3.05, 3.63) is 65.9 Å². The molecule has 0 fully saturated rings. The van der Waals surface area contributed by atoms with Crippen molar-refractivity contribution < 1.29 is 29.4 Å². The number of phenolic OH excluding ortho intramolecular Hbond substituents is 1. The van der Waals surface area contributed by atoms with Crippen LogP contribution in [0.15, 0.2) is 54.7 Å². The molecule has 3 amide bonds. The van der Waals surface area contributed by atoms with Crippen LogP contribution in [0.2, 0.25) is 0 Å². The molecule has 11 nitrogen and oxygen atoms in total. The van der Waals surface area contributed by atoms with Crippen LogP contribution in [0.3, 0.4) is 0 Å². The molecule has 0 aliphatic heterocycles. The number of carbonyl (C=O) groups excluding carboxylic acids is 3. The molecule has 2 aromatic carbocycles. The number of para-hydroxylation sites is 1. The predicted molar refractivity (Wildman–Crippen MR) is 150 cm³/mol. The Balaban J connectivity index is 1.89. The number of carboxylic acids is 1. The van der Waals surface area contributed by atoms with Crippen molar-refractivity contribution in [2.75, 3.05) is 0 Å². The highest BCUT2D eigenvalue weighted by Crippen LogP contribution is 2.20. The zero-order valence-electron chi connectivity index (χ0n) is 22.8. The van der Waals surface area contributed by atoms with Crippen LogP contribution in [-0.4, -0.2) is 63.1 Å². The normalized spacial score (nSPS) is 14.9. The lowest BCUT2D eigenvalue weighted by atomic mass is 9.98. The van der Waals surface area contributed by atoms with E-state index in [1.54, 1.807) is 18.3 Å². The number of hydrogen-bond acceptors (Lipinski definition) is 6. The highest BCUT2D eigenvalue weighted by molar-refractivity contribution is 5.95. The van der Waals surface area contributed by atoms with E-state index in [1.165, 1.54) is 19.1 Å². The van der Waals surface area contributed by atoms with E-state index in [1.807, 2.05) is 38.1 Å². The second-order valence-corrected chi connectivity index (χ2v) is 10.0. The summed E-state index contributed by atoms with van der Waals surface area (Å²) in [6, 6.07) is 9.39. The van der Waals surface area contributed by atoms with Gasteiger partial charge in [-0.2, -0.15) is 0 Å². The number of nitrogens with two attached hydrogens (primary N) is 1.